The Morgan fingerprint density at radius 2 is 1.39 bits per heavy atom. The second kappa shape index (κ2) is 13.2. The van der Waals surface area contributed by atoms with Crippen molar-refractivity contribution in [3.05, 3.63) is 0 Å². The number of nitrogens with one attached hydrogen (secondary N) is 1. The molecule has 0 rings (SSSR count). The highest BCUT2D eigenvalue weighted by molar-refractivity contribution is 5.68. The van der Waals surface area contributed by atoms with Crippen LogP contribution in [0, 0.1) is 11.3 Å². The molecule has 0 fully saturated rings. The van der Waals surface area contributed by atoms with Crippen LogP contribution in [0.15, 0.2) is 0 Å². The standard InChI is InChI=1S/C21H39N3O4/c1-20(2,3)27-18(25)23-15-11-9-7-8-10-12-16-24(17-13-14-22)19(26)28-21(4,5)6/h7-13,15-17H2,1-6H3,(H,23,25). The number of nitriles is 1. The molecule has 0 aliphatic rings. The largest absolute Gasteiger partial charge is 0.444 e. The molecule has 0 saturated heterocycles. The second-order valence-electron chi connectivity index (χ2n) is 8.93. The molecule has 0 spiro atoms. The Hall–Kier alpha value is -1.97. The quantitative estimate of drug-likeness (QED) is 0.495. The highest BCUT2D eigenvalue weighted by Gasteiger charge is 2.21. The molecule has 0 saturated carbocycles. The lowest BCUT2D eigenvalue weighted by Crippen LogP contribution is -2.38. The summed E-state index contributed by atoms with van der Waals surface area (Å²) in [5.74, 6) is 0. The van der Waals surface area contributed by atoms with Crippen molar-refractivity contribution in [3.8, 4) is 6.07 Å². The average molecular weight is 398 g/mol. The van der Waals surface area contributed by atoms with E-state index in [1.807, 2.05) is 41.5 Å². The van der Waals surface area contributed by atoms with Crippen molar-refractivity contribution >= 4 is 12.2 Å². The summed E-state index contributed by atoms with van der Waals surface area (Å²) in [5, 5.41) is 11.5. The number of ether oxygens (including phenoxy) is 2. The highest BCUT2D eigenvalue weighted by Crippen LogP contribution is 2.12. The summed E-state index contributed by atoms with van der Waals surface area (Å²) in [6.45, 7) is 12.7. The number of carbonyl (C=O) groups is 2. The predicted octanol–water partition coefficient (Wildman–Crippen LogP) is 5.00. The minimum Gasteiger partial charge on any atom is -0.444 e. The summed E-state index contributed by atoms with van der Waals surface area (Å²) in [6, 6.07) is 2.08. The Bertz CT molecular complexity index is 501. The third-order valence-electron chi connectivity index (χ3n) is 3.67. The minimum absolute atomic E-state index is 0.309. The van der Waals surface area contributed by atoms with E-state index in [0.717, 1.165) is 38.5 Å². The minimum atomic E-state index is -0.532. The first-order valence-corrected chi connectivity index (χ1v) is 10.3. The van der Waals surface area contributed by atoms with Gasteiger partial charge in [0.1, 0.15) is 11.2 Å². The summed E-state index contributed by atoms with van der Waals surface area (Å²) in [5.41, 5.74) is -1.00. The zero-order chi connectivity index (χ0) is 21.6. The summed E-state index contributed by atoms with van der Waals surface area (Å²) >= 11 is 0. The Kier molecular flexibility index (Phi) is 12.3. The van der Waals surface area contributed by atoms with Gasteiger partial charge in [-0.2, -0.15) is 5.26 Å². The van der Waals surface area contributed by atoms with Crippen molar-refractivity contribution in [2.24, 2.45) is 0 Å². The fraction of sp³-hybridized carbons (Fsp3) is 0.857. The van der Waals surface area contributed by atoms with Gasteiger partial charge in [0, 0.05) is 19.6 Å². The Morgan fingerprint density at radius 1 is 0.857 bits per heavy atom. The van der Waals surface area contributed by atoms with Gasteiger partial charge < -0.3 is 19.7 Å². The van der Waals surface area contributed by atoms with Gasteiger partial charge >= 0.3 is 12.2 Å². The van der Waals surface area contributed by atoms with Gasteiger partial charge in [-0.1, -0.05) is 25.7 Å². The number of unbranched alkanes of at least 4 members (excludes halogenated alkanes) is 5. The molecular formula is C21H39N3O4. The molecule has 0 aromatic heterocycles. The molecule has 0 unspecified atom stereocenters. The van der Waals surface area contributed by atoms with E-state index in [-0.39, 0.29) is 12.2 Å². The monoisotopic (exact) mass is 397 g/mol. The lowest BCUT2D eigenvalue weighted by atomic mass is 10.1. The topological polar surface area (TPSA) is 91.7 Å². The van der Waals surface area contributed by atoms with Crippen LogP contribution < -0.4 is 5.32 Å². The van der Waals surface area contributed by atoms with Crippen molar-refractivity contribution in [2.75, 3.05) is 19.6 Å². The number of alkyl carbamates (subject to hydrolysis) is 1. The molecule has 1 N–H and O–H groups in total. The second-order valence-corrected chi connectivity index (χ2v) is 8.93. The van der Waals surface area contributed by atoms with Crippen LogP contribution in [0.4, 0.5) is 9.59 Å². The fourth-order valence-electron chi connectivity index (χ4n) is 2.45. The number of amides is 2. The maximum atomic E-state index is 12.2. The first-order chi connectivity index (χ1) is 12.9. The van der Waals surface area contributed by atoms with E-state index in [2.05, 4.69) is 11.4 Å². The van der Waals surface area contributed by atoms with Crippen LogP contribution in [0.5, 0.6) is 0 Å². The summed E-state index contributed by atoms with van der Waals surface area (Å²) in [7, 11) is 0. The van der Waals surface area contributed by atoms with E-state index >= 15 is 0 Å². The van der Waals surface area contributed by atoms with Gasteiger partial charge in [-0.3, -0.25) is 0 Å². The maximum absolute atomic E-state index is 12.2. The number of nitrogens with zero attached hydrogens (tertiary/aromatic N) is 2. The molecule has 28 heavy (non-hydrogen) atoms. The Labute approximate surface area is 170 Å². The molecule has 0 heterocycles. The molecular weight excluding hydrogens is 358 g/mol. The van der Waals surface area contributed by atoms with E-state index in [4.69, 9.17) is 14.7 Å². The first kappa shape index (κ1) is 26.0. The highest BCUT2D eigenvalue weighted by atomic mass is 16.6. The van der Waals surface area contributed by atoms with Gasteiger partial charge in [-0.05, 0) is 54.4 Å². The number of rotatable bonds is 11. The van der Waals surface area contributed by atoms with Gasteiger partial charge in [0.15, 0.2) is 0 Å². The van der Waals surface area contributed by atoms with Crippen molar-refractivity contribution in [1.82, 2.24) is 10.2 Å². The predicted molar refractivity (Wildman–Crippen MR) is 110 cm³/mol. The third kappa shape index (κ3) is 16.2. The van der Waals surface area contributed by atoms with Crippen LogP contribution in [0.3, 0.4) is 0 Å². The van der Waals surface area contributed by atoms with Gasteiger partial charge in [-0.15, -0.1) is 0 Å². The first-order valence-electron chi connectivity index (χ1n) is 10.3. The van der Waals surface area contributed by atoms with E-state index in [9.17, 15) is 9.59 Å². The smallest absolute Gasteiger partial charge is 0.410 e. The molecule has 7 nitrogen and oxygen atoms in total. The van der Waals surface area contributed by atoms with E-state index in [1.165, 1.54) is 0 Å². The molecule has 162 valence electrons. The van der Waals surface area contributed by atoms with Crippen molar-refractivity contribution in [3.63, 3.8) is 0 Å². The number of hydrogen-bond donors (Lipinski definition) is 1. The Morgan fingerprint density at radius 3 is 1.93 bits per heavy atom. The summed E-state index contributed by atoms with van der Waals surface area (Å²) in [6.07, 6.45) is 5.62. The van der Waals surface area contributed by atoms with Crippen LogP contribution in [-0.2, 0) is 9.47 Å². The molecule has 0 aromatic carbocycles. The molecule has 0 radical (unpaired) electrons. The number of hydrogen-bond acceptors (Lipinski definition) is 5. The molecule has 2 amide bonds. The lowest BCUT2D eigenvalue weighted by Gasteiger charge is -2.27. The van der Waals surface area contributed by atoms with Gasteiger partial charge in [0.05, 0.1) is 12.5 Å². The van der Waals surface area contributed by atoms with Crippen LogP contribution in [-0.4, -0.2) is 47.9 Å². The van der Waals surface area contributed by atoms with E-state index in [1.54, 1.807) is 4.90 Å². The molecule has 0 bridgehead atoms. The molecule has 7 heteroatoms. The lowest BCUT2D eigenvalue weighted by molar-refractivity contribution is 0.0250. The summed E-state index contributed by atoms with van der Waals surface area (Å²) < 4.78 is 10.6. The van der Waals surface area contributed by atoms with Crippen molar-refractivity contribution < 1.29 is 19.1 Å². The molecule has 0 aromatic rings. The SMILES string of the molecule is CC(C)(C)OC(=O)NCCCCCCCCN(CCC#N)C(=O)OC(C)(C)C. The zero-order valence-corrected chi connectivity index (χ0v) is 18.6. The average Bonchev–Trinajstić information content (AvgIpc) is 2.52. The molecule has 0 aliphatic carbocycles. The fourth-order valence-corrected chi connectivity index (χ4v) is 2.45. The molecule has 0 atom stereocenters. The van der Waals surface area contributed by atoms with Crippen molar-refractivity contribution in [2.45, 2.75) is 97.7 Å². The van der Waals surface area contributed by atoms with Gasteiger partial charge in [0.2, 0.25) is 0 Å². The molecule has 0 aliphatic heterocycles. The van der Waals surface area contributed by atoms with Crippen LogP contribution in [0.25, 0.3) is 0 Å². The number of carbonyl (C=O) groups excluding carboxylic acids is 2. The van der Waals surface area contributed by atoms with Crippen LogP contribution in [0.1, 0.15) is 86.5 Å². The third-order valence-corrected chi connectivity index (χ3v) is 3.67. The van der Waals surface area contributed by atoms with E-state index in [0.29, 0.717) is 26.1 Å². The van der Waals surface area contributed by atoms with E-state index < -0.39 is 11.2 Å². The maximum Gasteiger partial charge on any atom is 0.410 e. The van der Waals surface area contributed by atoms with Crippen LogP contribution >= 0.6 is 0 Å². The zero-order valence-electron chi connectivity index (χ0n) is 18.6. The van der Waals surface area contributed by atoms with Crippen molar-refractivity contribution in [1.29, 1.82) is 5.26 Å². The summed E-state index contributed by atoms with van der Waals surface area (Å²) in [4.78, 5) is 25.3. The van der Waals surface area contributed by atoms with Gasteiger partial charge in [-0.25, -0.2) is 9.59 Å². The van der Waals surface area contributed by atoms with Crippen LogP contribution in [0.2, 0.25) is 0 Å². The van der Waals surface area contributed by atoms with Gasteiger partial charge in [0.25, 0.3) is 0 Å². The Balaban J connectivity index is 3.86. The normalized spacial score (nSPS) is 11.5.